The van der Waals surface area contributed by atoms with Crippen molar-refractivity contribution >= 4 is 46.3 Å². The summed E-state index contributed by atoms with van der Waals surface area (Å²) in [5.74, 6) is -2.43. The summed E-state index contributed by atoms with van der Waals surface area (Å²) in [6.45, 7) is 1.94. The number of carboxylic acids is 1. The minimum absolute atomic E-state index is 0.0388. The zero-order valence-electron chi connectivity index (χ0n) is 16.0. The van der Waals surface area contributed by atoms with Crippen LogP contribution in [0.4, 0.5) is 17.1 Å². The molecular formula is C19H18N4O7S. The second kappa shape index (κ2) is 9.36. The molecule has 3 rings (SSSR count). The number of carbonyl (C=O) groups is 2. The average molecular weight is 446 g/mol. The van der Waals surface area contributed by atoms with Crippen LogP contribution in [-0.4, -0.2) is 58.4 Å². The van der Waals surface area contributed by atoms with Gasteiger partial charge in [0, 0.05) is 36.5 Å². The summed E-state index contributed by atoms with van der Waals surface area (Å²) in [6, 6.07) is 7.84. The van der Waals surface area contributed by atoms with Crippen molar-refractivity contribution in [2.24, 2.45) is 0 Å². The van der Waals surface area contributed by atoms with Crippen molar-refractivity contribution in [3.63, 3.8) is 0 Å². The van der Waals surface area contributed by atoms with Crippen LogP contribution in [0.5, 0.6) is 5.75 Å². The van der Waals surface area contributed by atoms with Crippen molar-refractivity contribution in [1.29, 1.82) is 0 Å². The molecule has 0 aromatic heterocycles. The number of rotatable bonds is 5. The first-order valence-corrected chi connectivity index (χ1v) is 9.47. The molecule has 1 amide bonds. The highest BCUT2D eigenvalue weighted by Crippen LogP contribution is 2.30. The molecule has 1 saturated heterocycles. The van der Waals surface area contributed by atoms with Gasteiger partial charge in [-0.1, -0.05) is 0 Å². The topological polar surface area (TPSA) is 154 Å². The summed E-state index contributed by atoms with van der Waals surface area (Å²) in [6.07, 6.45) is 0. The first-order chi connectivity index (χ1) is 14.8. The van der Waals surface area contributed by atoms with Crippen LogP contribution >= 0.6 is 12.2 Å². The summed E-state index contributed by atoms with van der Waals surface area (Å²) in [7, 11) is 0. The number of carboxylic acid groups (broad SMARTS) is 1. The van der Waals surface area contributed by atoms with Crippen LogP contribution in [0.2, 0.25) is 0 Å². The fourth-order valence-corrected chi connectivity index (χ4v) is 3.22. The number of benzene rings is 2. The number of anilines is 2. The van der Waals surface area contributed by atoms with E-state index in [-0.39, 0.29) is 27.6 Å². The van der Waals surface area contributed by atoms with Crippen LogP contribution in [-0.2, 0) is 4.74 Å². The number of nitro benzene ring substituents is 1. The Labute approximate surface area is 181 Å². The monoisotopic (exact) mass is 446 g/mol. The number of ether oxygens (including phenoxy) is 1. The van der Waals surface area contributed by atoms with Crippen molar-refractivity contribution in [2.45, 2.75) is 0 Å². The molecule has 162 valence electrons. The summed E-state index contributed by atoms with van der Waals surface area (Å²) in [4.78, 5) is 36.2. The van der Waals surface area contributed by atoms with Gasteiger partial charge in [-0.3, -0.25) is 20.2 Å². The van der Waals surface area contributed by atoms with Gasteiger partial charge in [0.05, 0.1) is 18.1 Å². The third-order valence-electron chi connectivity index (χ3n) is 4.50. The molecule has 1 aliphatic rings. The van der Waals surface area contributed by atoms with E-state index in [1.165, 1.54) is 30.3 Å². The van der Waals surface area contributed by atoms with E-state index in [0.29, 0.717) is 32.0 Å². The molecule has 1 fully saturated rings. The van der Waals surface area contributed by atoms with Gasteiger partial charge in [0.25, 0.3) is 11.6 Å². The lowest BCUT2D eigenvalue weighted by atomic mass is 10.1. The van der Waals surface area contributed by atoms with Crippen LogP contribution in [0.15, 0.2) is 36.4 Å². The second-order valence-electron chi connectivity index (χ2n) is 6.51. The summed E-state index contributed by atoms with van der Waals surface area (Å²) in [5, 5.41) is 35.1. The average Bonchev–Trinajstić information content (AvgIpc) is 2.73. The molecule has 1 heterocycles. The number of aromatic carboxylic acids is 1. The summed E-state index contributed by atoms with van der Waals surface area (Å²) in [5.41, 5.74) is 0.203. The lowest BCUT2D eigenvalue weighted by Crippen LogP contribution is -2.37. The number of nitro groups is 1. The highest BCUT2D eigenvalue weighted by molar-refractivity contribution is 7.80. The number of amides is 1. The van der Waals surface area contributed by atoms with E-state index < -0.39 is 22.5 Å². The van der Waals surface area contributed by atoms with E-state index in [4.69, 9.17) is 22.1 Å². The number of carbonyl (C=O) groups excluding carboxylic acids is 1. The van der Waals surface area contributed by atoms with Gasteiger partial charge in [-0.25, -0.2) is 4.79 Å². The third-order valence-corrected chi connectivity index (χ3v) is 4.70. The Kier molecular flexibility index (Phi) is 6.62. The maximum atomic E-state index is 12.5. The Balaban J connectivity index is 1.71. The van der Waals surface area contributed by atoms with Gasteiger partial charge in [-0.2, -0.15) is 0 Å². The molecule has 0 unspecified atom stereocenters. The maximum absolute atomic E-state index is 12.5. The number of nitrogens with one attached hydrogen (secondary N) is 2. The lowest BCUT2D eigenvalue weighted by molar-refractivity contribution is -0.384. The molecule has 0 saturated carbocycles. The van der Waals surface area contributed by atoms with Gasteiger partial charge in [0.1, 0.15) is 17.0 Å². The fraction of sp³-hybridized carbons (Fsp3) is 0.211. The van der Waals surface area contributed by atoms with Crippen molar-refractivity contribution in [3.8, 4) is 5.75 Å². The molecule has 4 N–H and O–H groups in total. The molecule has 2 aromatic carbocycles. The number of hydrogen-bond acceptors (Lipinski definition) is 8. The van der Waals surface area contributed by atoms with E-state index in [1.807, 2.05) is 4.90 Å². The third kappa shape index (κ3) is 5.24. The smallest absolute Gasteiger partial charge is 0.339 e. The molecule has 1 aliphatic heterocycles. The number of phenols is 1. The molecule has 0 atom stereocenters. The maximum Gasteiger partial charge on any atom is 0.339 e. The van der Waals surface area contributed by atoms with E-state index >= 15 is 0 Å². The van der Waals surface area contributed by atoms with Crippen LogP contribution in [0.25, 0.3) is 0 Å². The molecule has 0 radical (unpaired) electrons. The van der Waals surface area contributed by atoms with E-state index in [1.54, 1.807) is 0 Å². The fourth-order valence-electron chi connectivity index (χ4n) is 3.01. The predicted molar refractivity (Wildman–Crippen MR) is 115 cm³/mol. The van der Waals surface area contributed by atoms with Crippen LogP contribution in [0.1, 0.15) is 20.7 Å². The largest absolute Gasteiger partial charge is 0.507 e. The number of hydrogen-bond donors (Lipinski definition) is 4. The van der Waals surface area contributed by atoms with Crippen LogP contribution in [0, 0.1) is 10.1 Å². The number of morpholine rings is 1. The highest BCUT2D eigenvalue weighted by Gasteiger charge is 2.23. The Bertz CT molecular complexity index is 1050. The first-order valence-electron chi connectivity index (χ1n) is 9.06. The SMILES string of the molecule is O=C(NC(=S)Nc1ccc(C(=O)O)c(O)c1)c1ccc(N2CCOCC2)c([N+](=O)[O-])c1. The first kappa shape index (κ1) is 21.9. The normalized spacial score (nSPS) is 13.4. The zero-order chi connectivity index (χ0) is 22.5. The number of thiocarbonyl (C=S) groups is 1. The summed E-state index contributed by atoms with van der Waals surface area (Å²) < 4.78 is 5.26. The molecule has 0 spiro atoms. The molecule has 0 aliphatic carbocycles. The van der Waals surface area contributed by atoms with Gasteiger partial charge < -0.3 is 25.2 Å². The van der Waals surface area contributed by atoms with Crippen LogP contribution < -0.4 is 15.5 Å². The lowest BCUT2D eigenvalue weighted by Gasteiger charge is -2.28. The minimum atomic E-state index is -1.29. The van der Waals surface area contributed by atoms with Gasteiger partial charge in [0.15, 0.2) is 5.11 Å². The number of nitrogens with zero attached hydrogens (tertiary/aromatic N) is 2. The Morgan fingerprint density at radius 2 is 1.87 bits per heavy atom. The van der Waals surface area contributed by atoms with Crippen molar-refractivity contribution in [1.82, 2.24) is 5.32 Å². The van der Waals surface area contributed by atoms with Crippen molar-refractivity contribution in [2.75, 3.05) is 36.5 Å². The number of aromatic hydroxyl groups is 1. The Morgan fingerprint density at radius 1 is 1.16 bits per heavy atom. The van der Waals surface area contributed by atoms with Crippen molar-refractivity contribution in [3.05, 3.63) is 57.6 Å². The molecular weight excluding hydrogens is 428 g/mol. The molecule has 11 nitrogen and oxygen atoms in total. The zero-order valence-corrected chi connectivity index (χ0v) is 16.8. The van der Waals surface area contributed by atoms with Gasteiger partial charge in [-0.15, -0.1) is 0 Å². The van der Waals surface area contributed by atoms with Crippen molar-refractivity contribution < 1.29 is 29.5 Å². The van der Waals surface area contributed by atoms with Gasteiger partial charge >= 0.3 is 5.97 Å². The second-order valence-corrected chi connectivity index (χ2v) is 6.91. The molecule has 12 heteroatoms. The van der Waals surface area contributed by atoms with Gasteiger partial charge in [0.2, 0.25) is 0 Å². The molecule has 2 aromatic rings. The predicted octanol–water partition coefficient (Wildman–Crippen LogP) is 1.96. The quantitative estimate of drug-likeness (QED) is 0.304. The standard InChI is InChI=1S/C19H18N4O7S/c24-16-10-12(2-3-13(16)18(26)27)20-19(31)21-17(25)11-1-4-14(15(9-11)23(28)29)22-5-7-30-8-6-22/h1-4,9-10,24H,5-8H2,(H,26,27)(H2,20,21,25,31). The van der Waals surface area contributed by atoms with Gasteiger partial charge in [-0.05, 0) is 36.5 Å². The van der Waals surface area contributed by atoms with E-state index in [0.717, 1.165) is 6.07 Å². The van der Waals surface area contributed by atoms with E-state index in [9.17, 15) is 24.8 Å². The Morgan fingerprint density at radius 3 is 2.48 bits per heavy atom. The summed E-state index contributed by atoms with van der Waals surface area (Å²) >= 11 is 5.06. The Hall–Kier alpha value is -3.77. The van der Waals surface area contributed by atoms with Crippen LogP contribution in [0.3, 0.4) is 0 Å². The molecule has 0 bridgehead atoms. The molecule has 31 heavy (non-hydrogen) atoms. The highest BCUT2D eigenvalue weighted by atomic mass is 32.1. The van der Waals surface area contributed by atoms with E-state index in [2.05, 4.69) is 10.6 Å². The minimum Gasteiger partial charge on any atom is -0.507 e.